The normalized spacial score (nSPS) is 12.5. The van der Waals surface area contributed by atoms with Gasteiger partial charge in [-0.3, -0.25) is 19.5 Å². The van der Waals surface area contributed by atoms with Crippen LogP contribution in [0.4, 0.5) is 19.3 Å². The van der Waals surface area contributed by atoms with Crippen molar-refractivity contribution in [2.24, 2.45) is 0 Å². The Bertz CT molecular complexity index is 1720. The molecule has 13 heteroatoms. The molecule has 1 aromatic heterocycles. The fourth-order valence-electron chi connectivity index (χ4n) is 4.49. The number of halogens is 2. The third-order valence-electron chi connectivity index (χ3n) is 6.76. The third kappa shape index (κ3) is 8.36. The van der Waals surface area contributed by atoms with Gasteiger partial charge in [-0.15, -0.1) is 0 Å². The number of carboxylic acid groups (broad SMARTS) is 1. The summed E-state index contributed by atoms with van der Waals surface area (Å²) in [6, 6.07) is 21.9. The second kappa shape index (κ2) is 14.4. The fourth-order valence-corrected chi connectivity index (χ4v) is 4.49. The number of benzene rings is 3. The molecule has 2 atom stereocenters. The highest BCUT2D eigenvalue weighted by Gasteiger charge is 2.50. The van der Waals surface area contributed by atoms with Gasteiger partial charge in [0.2, 0.25) is 5.91 Å². The first-order valence-electron chi connectivity index (χ1n) is 13.7. The van der Waals surface area contributed by atoms with E-state index in [1.54, 1.807) is 91.9 Å². The van der Waals surface area contributed by atoms with Gasteiger partial charge < -0.3 is 20.3 Å². The van der Waals surface area contributed by atoms with E-state index < -0.39 is 48.1 Å². The topological polar surface area (TPSA) is 160 Å². The monoisotopic (exact) mass is 620 g/mol. The first-order chi connectivity index (χ1) is 21.5. The Morgan fingerprint density at radius 1 is 0.978 bits per heavy atom. The number of aliphatic carboxylic acids is 1. The van der Waals surface area contributed by atoms with Gasteiger partial charge in [-0.25, -0.2) is 14.6 Å². The van der Waals surface area contributed by atoms with Crippen molar-refractivity contribution < 1.29 is 38.1 Å². The maximum Gasteiger partial charge on any atom is 0.412 e. The molecule has 2 amide bonds. The Kier molecular flexibility index (Phi) is 10.4. The van der Waals surface area contributed by atoms with E-state index in [0.29, 0.717) is 16.7 Å². The lowest BCUT2D eigenvalue weighted by Crippen LogP contribution is -2.56. The molecule has 0 aliphatic heterocycles. The maximum absolute atomic E-state index is 14.4. The van der Waals surface area contributed by atoms with Gasteiger partial charge in [0, 0.05) is 5.56 Å². The number of carbonyl (C=O) groups excluding carboxylic acids is 2. The molecule has 0 radical (unpaired) electrons. The summed E-state index contributed by atoms with van der Waals surface area (Å²) in [5.41, 5.74) is 1.21. The number of aromatic nitrogens is 2. The molecule has 234 valence electrons. The molecule has 4 N–H and O–H groups in total. The van der Waals surface area contributed by atoms with Crippen molar-refractivity contribution in [1.29, 1.82) is 0 Å². The van der Waals surface area contributed by atoms with Crippen LogP contribution in [-0.4, -0.2) is 55.8 Å². The van der Waals surface area contributed by atoms with Crippen LogP contribution in [0.2, 0.25) is 0 Å². The number of alkyl halides is 2. The smallest absolute Gasteiger partial charge is 0.412 e. The summed E-state index contributed by atoms with van der Waals surface area (Å²) < 4.78 is 34.9. The number of aliphatic hydroxyl groups is 1. The highest BCUT2D eigenvalue weighted by Crippen LogP contribution is 2.24. The van der Waals surface area contributed by atoms with Crippen LogP contribution in [-0.2, 0) is 33.9 Å². The number of amides is 2. The van der Waals surface area contributed by atoms with Gasteiger partial charge in [0.1, 0.15) is 30.8 Å². The highest BCUT2D eigenvalue weighted by molar-refractivity contribution is 5.84. The first kappa shape index (κ1) is 32.5. The summed E-state index contributed by atoms with van der Waals surface area (Å²) in [6.07, 6.45) is -3.01. The molecule has 3 aromatic carbocycles. The van der Waals surface area contributed by atoms with Gasteiger partial charge in [0.15, 0.2) is 0 Å². The second-order valence-electron chi connectivity index (χ2n) is 10.2. The molecular weight excluding hydrogens is 590 g/mol. The number of carboxylic acids is 1. The molecule has 4 rings (SSSR count). The molecule has 0 spiro atoms. The predicted molar refractivity (Wildman–Crippen MR) is 160 cm³/mol. The molecule has 2 unspecified atom stereocenters. The Labute approximate surface area is 256 Å². The van der Waals surface area contributed by atoms with E-state index in [1.165, 1.54) is 0 Å². The number of hydrogen-bond acceptors (Lipinski definition) is 7. The van der Waals surface area contributed by atoms with Crippen molar-refractivity contribution in [3.8, 4) is 11.4 Å². The van der Waals surface area contributed by atoms with E-state index in [2.05, 4.69) is 15.6 Å². The summed E-state index contributed by atoms with van der Waals surface area (Å²) in [6.45, 7) is 0.944. The van der Waals surface area contributed by atoms with Gasteiger partial charge in [0.05, 0.1) is 12.2 Å². The van der Waals surface area contributed by atoms with Crippen LogP contribution in [0, 0.1) is 6.92 Å². The highest BCUT2D eigenvalue weighted by atomic mass is 19.3. The molecule has 0 saturated heterocycles. The van der Waals surface area contributed by atoms with Crippen LogP contribution in [0.15, 0.2) is 95.9 Å². The summed E-state index contributed by atoms with van der Waals surface area (Å²) in [5.74, 6) is -8.14. The quantitative estimate of drug-likeness (QED) is 0.186. The van der Waals surface area contributed by atoms with Crippen LogP contribution in [0.1, 0.15) is 16.7 Å². The molecule has 1 heterocycles. The van der Waals surface area contributed by atoms with E-state index >= 15 is 0 Å². The van der Waals surface area contributed by atoms with Crippen molar-refractivity contribution in [1.82, 2.24) is 14.9 Å². The van der Waals surface area contributed by atoms with Gasteiger partial charge in [-0.05, 0) is 30.5 Å². The second-order valence-corrected chi connectivity index (χ2v) is 10.2. The molecular formula is C32H30F2N4O7. The standard InChI is InChI=1S/C32H30F2N4O7/c1-20-9-8-14-23(15-20)28-35-17-25(37-31(44)45-19-22-12-6-3-7-13-22)29(41)38(28)18-26(39)36-24(16-21-10-4-2-5-11-21)27(40)32(33,34)30(42)43/h2-15,17,24,27,40H,16,18-19H2,1H3,(H,36,39)(H,37,44)(H,42,43). The third-order valence-corrected chi connectivity index (χ3v) is 6.76. The molecule has 4 aromatic rings. The zero-order valence-corrected chi connectivity index (χ0v) is 24.0. The number of aryl methyl sites for hydroxylation is 1. The predicted octanol–water partition coefficient (Wildman–Crippen LogP) is 3.78. The minimum atomic E-state index is -4.60. The van der Waals surface area contributed by atoms with Crippen LogP contribution in [0.3, 0.4) is 0 Å². The average molecular weight is 621 g/mol. The van der Waals surface area contributed by atoms with Crippen LogP contribution < -0.4 is 16.2 Å². The Hall–Kier alpha value is -5.43. The van der Waals surface area contributed by atoms with Crippen molar-refractivity contribution in [3.05, 3.63) is 118 Å². The van der Waals surface area contributed by atoms with Crippen LogP contribution in [0.5, 0.6) is 0 Å². The Morgan fingerprint density at radius 2 is 1.62 bits per heavy atom. The number of hydrogen-bond donors (Lipinski definition) is 4. The summed E-state index contributed by atoms with van der Waals surface area (Å²) in [7, 11) is 0. The number of ether oxygens (including phenoxy) is 1. The average Bonchev–Trinajstić information content (AvgIpc) is 3.02. The molecule has 0 aliphatic carbocycles. The van der Waals surface area contributed by atoms with Gasteiger partial charge in [0.25, 0.3) is 5.56 Å². The SMILES string of the molecule is Cc1cccc(-c2ncc(NC(=O)OCc3ccccc3)c(=O)n2CC(=O)NC(Cc2ccccc2)C(O)C(F)(F)C(=O)O)c1. The van der Waals surface area contributed by atoms with Crippen molar-refractivity contribution in [3.63, 3.8) is 0 Å². The van der Waals surface area contributed by atoms with E-state index in [4.69, 9.17) is 9.84 Å². The lowest BCUT2D eigenvalue weighted by Gasteiger charge is -2.28. The van der Waals surface area contributed by atoms with Crippen molar-refractivity contribution in [2.75, 3.05) is 5.32 Å². The zero-order valence-electron chi connectivity index (χ0n) is 24.0. The molecule has 11 nitrogen and oxygen atoms in total. The minimum absolute atomic E-state index is 0.0260. The lowest BCUT2D eigenvalue weighted by atomic mass is 9.97. The van der Waals surface area contributed by atoms with Gasteiger partial charge in [-0.1, -0.05) is 84.4 Å². The summed E-state index contributed by atoms with van der Waals surface area (Å²) in [5, 5.41) is 24.0. The first-order valence-corrected chi connectivity index (χ1v) is 13.7. The molecule has 0 bridgehead atoms. The van der Waals surface area contributed by atoms with E-state index in [9.17, 15) is 33.1 Å². The van der Waals surface area contributed by atoms with Crippen LogP contribution >= 0.6 is 0 Å². The molecule has 0 fully saturated rings. The number of rotatable bonds is 12. The maximum atomic E-state index is 14.4. The number of nitrogens with one attached hydrogen (secondary N) is 2. The fraction of sp³-hybridized carbons (Fsp3) is 0.219. The molecule has 0 saturated carbocycles. The summed E-state index contributed by atoms with van der Waals surface area (Å²) in [4.78, 5) is 54.8. The van der Waals surface area contributed by atoms with Crippen LogP contribution in [0.25, 0.3) is 11.4 Å². The van der Waals surface area contributed by atoms with Crippen molar-refractivity contribution in [2.45, 2.75) is 44.6 Å². The largest absolute Gasteiger partial charge is 0.477 e. The Balaban J connectivity index is 1.63. The minimum Gasteiger partial charge on any atom is -0.477 e. The van der Waals surface area contributed by atoms with Gasteiger partial charge in [-0.2, -0.15) is 8.78 Å². The zero-order chi connectivity index (χ0) is 32.6. The van der Waals surface area contributed by atoms with E-state index in [0.717, 1.165) is 16.3 Å². The molecule has 0 aliphatic rings. The van der Waals surface area contributed by atoms with Gasteiger partial charge >= 0.3 is 18.0 Å². The number of anilines is 1. The van der Waals surface area contributed by atoms with E-state index in [1.807, 2.05) is 0 Å². The van der Waals surface area contributed by atoms with E-state index in [-0.39, 0.29) is 24.5 Å². The Morgan fingerprint density at radius 3 is 2.24 bits per heavy atom. The molecule has 45 heavy (non-hydrogen) atoms. The van der Waals surface area contributed by atoms with Crippen molar-refractivity contribution >= 4 is 23.7 Å². The lowest BCUT2D eigenvalue weighted by molar-refractivity contribution is -0.185. The number of carbonyl (C=O) groups is 3. The number of aliphatic hydroxyl groups excluding tert-OH is 1. The summed E-state index contributed by atoms with van der Waals surface area (Å²) >= 11 is 0. The number of nitrogens with zero attached hydrogens (tertiary/aromatic N) is 2.